The molecule has 0 aromatic rings. The molecule has 0 radical (unpaired) electrons. The van der Waals surface area contributed by atoms with Gasteiger partial charge in [0.1, 0.15) is 6.61 Å². The van der Waals surface area contributed by atoms with E-state index < -0.39 is 17.8 Å². The third-order valence-electron chi connectivity index (χ3n) is 1.04. The average molecular weight is 295 g/mol. The minimum absolute atomic E-state index is 0. The Bertz CT molecular complexity index is 323. The number of aliphatic hydroxyl groups excluding tert-OH is 1. The van der Waals surface area contributed by atoms with Crippen molar-refractivity contribution in [2.45, 2.75) is 6.92 Å². The molecule has 0 saturated carbocycles. The molecule has 0 aliphatic carbocycles. The molecule has 0 aliphatic rings. The van der Waals surface area contributed by atoms with Gasteiger partial charge in [-0.15, -0.1) is 0 Å². The van der Waals surface area contributed by atoms with Crippen LogP contribution in [0.15, 0.2) is 37.5 Å². The van der Waals surface area contributed by atoms with Gasteiger partial charge in [0.05, 0.1) is 12.6 Å². The fourth-order valence-electron chi connectivity index (χ4n) is 0.262. The predicted octanol–water partition coefficient (Wildman–Crippen LogP) is -4.32. The molecule has 0 fully saturated rings. The number of aliphatic hydroxyl groups is 1. The standard InChI is InChI=1S/C6H10O3.C3H5NO.C3H4O2.Na/c1-5(2)6(8)9-4-3-7;2*1-2-3(4)5;/h7H,1,3-4H2,2H3;2H,1H2,(H2,4,5);2H,1H2,(H,4,5);/q;;;+1/p-1. The largest absolute Gasteiger partial charge is 1.00 e. The number of amides is 1. The summed E-state index contributed by atoms with van der Waals surface area (Å²) < 4.78 is 4.46. The number of nitrogens with two attached hydrogens (primary N) is 1. The molecule has 0 aromatic heterocycles. The summed E-state index contributed by atoms with van der Waals surface area (Å²) in [6.07, 6.45) is 1.78. The van der Waals surface area contributed by atoms with Gasteiger partial charge in [-0.2, -0.15) is 0 Å². The Morgan fingerprint density at radius 1 is 1.30 bits per heavy atom. The van der Waals surface area contributed by atoms with E-state index in [0.717, 1.165) is 12.2 Å². The maximum absolute atomic E-state index is 10.5. The van der Waals surface area contributed by atoms with Crippen LogP contribution in [0.3, 0.4) is 0 Å². The minimum atomic E-state index is -1.23. The van der Waals surface area contributed by atoms with Gasteiger partial charge in [0.15, 0.2) is 0 Å². The van der Waals surface area contributed by atoms with Gasteiger partial charge in [-0.05, 0) is 19.1 Å². The van der Waals surface area contributed by atoms with E-state index in [1.54, 1.807) is 6.92 Å². The van der Waals surface area contributed by atoms with Gasteiger partial charge >= 0.3 is 35.5 Å². The smallest absolute Gasteiger partial charge is 0.545 e. The van der Waals surface area contributed by atoms with Crippen LogP contribution in [0.2, 0.25) is 0 Å². The molecular formula is C12H18NNaO6. The molecule has 0 atom stereocenters. The van der Waals surface area contributed by atoms with Crippen molar-refractivity contribution in [1.82, 2.24) is 0 Å². The third kappa shape index (κ3) is 36.0. The van der Waals surface area contributed by atoms with Gasteiger partial charge in [-0.25, -0.2) is 4.79 Å². The molecule has 8 heteroatoms. The van der Waals surface area contributed by atoms with Crippen LogP contribution in [0, 0.1) is 0 Å². The molecule has 1 amide bonds. The Labute approximate surface area is 140 Å². The first-order valence-electron chi connectivity index (χ1n) is 4.91. The van der Waals surface area contributed by atoms with E-state index in [4.69, 9.17) is 15.0 Å². The van der Waals surface area contributed by atoms with Gasteiger partial charge in [-0.1, -0.05) is 19.7 Å². The van der Waals surface area contributed by atoms with E-state index in [9.17, 15) is 9.59 Å². The second kappa shape index (κ2) is 19.9. The number of carbonyl (C=O) groups excluding carboxylic acids is 3. The summed E-state index contributed by atoms with van der Waals surface area (Å²) in [4.78, 5) is 29.1. The number of hydrogen-bond acceptors (Lipinski definition) is 6. The zero-order valence-corrected chi connectivity index (χ0v) is 13.8. The summed E-state index contributed by atoms with van der Waals surface area (Å²) in [5, 5.41) is 17.3. The quantitative estimate of drug-likeness (QED) is 0.300. The molecule has 7 nitrogen and oxygen atoms in total. The van der Waals surface area contributed by atoms with E-state index in [2.05, 4.69) is 30.2 Å². The molecule has 20 heavy (non-hydrogen) atoms. The second-order valence-corrected chi connectivity index (χ2v) is 2.77. The SMILES string of the molecule is C=C(C)C(=O)OCCO.C=CC(=O)[O-].C=CC(N)=O.[Na+]. The molecule has 0 aliphatic heterocycles. The van der Waals surface area contributed by atoms with Crippen molar-refractivity contribution in [3.63, 3.8) is 0 Å². The van der Waals surface area contributed by atoms with E-state index in [-0.39, 0.29) is 42.8 Å². The number of hydrogen-bond donors (Lipinski definition) is 2. The van der Waals surface area contributed by atoms with Gasteiger partial charge in [0.25, 0.3) is 0 Å². The maximum atomic E-state index is 10.5. The number of carboxylic acid groups (broad SMARTS) is 1. The van der Waals surface area contributed by atoms with Crippen molar-refractivity contribution in [3.8, 4) is 0 Å². The molecule has 108 valence electrons. The maximum Gasteiger partial charge on any atom is 1.00 e. The topological polar surface area (TPSA) is 130 Å². The van der Waals surface area contributed by atoms with Crippen LogP contribution in [0.25, 0.3) is 0 Å². The molecule has 0 aromatic carbocycles. The van der Waals surface area contributed by atoms with Crippen molar-refractivity contribution in [2.24, 2.45) is 5.73 Å². The normalized spacial score (nSPS) is 7.10. The Balaban J connectivity index is -0.000000101. The molecular weight excluding hydrogens is 277 g/mol. The summed E-state index contributed by atoms with van der Waals surface area (Å²) in [6.45, 7) is 10.8. The Kier molecular flexibility index (Phi) is 26.9. The van der Waals surface area contributed by atoms with E-state index in [1.165, 1.54) is 0 Å². The first-order valence-corrected chi connectivity index (χ1v) is 4.91. The Hall–Kier alpha value is -1.41. The van der Waals surface area contributed by atoms with Crippen molar-refractivity contribution in [3.05, 3.63) is 37.5 Å². The summed E-state index contributed by atoms with van der Waals surface area (Å²) in [7, 11) is 0. The van der Waals surface area contributed by atoms with Crippen LogP contribution >= 0.6 is 0 Å². The number of aliphatic carboxylic acids is 1. The first kappa shape index (κ1) is 27.0. The Morgan fingerprint density at radius 2 is 1.65 bits per heavy atom. The number of esters is 1. The van der Waals surface area contributed by atoms with Crippen molar-refractivity contribution >= 4 is 17.8 Å². The monoisotopic (exact) mass is 295 g/mol. The fraction of sp³-hybridized carbons (Fsp3) is 0.250. The average Bonchev–Trinajstić information content (AvgIpc) is 2.36. The second-order valence-electron chi connectivity index (χ2n) is 2.77. The van der Waals surface area contributed by atoms with Crippen LogP contribution < -0.4 is 40.4 Å². The van der Waals surface area contributed by atoms with Gasteiger partial charge in [-0.3, -0.25) is 4.79 Å². The first-order chi connectivity index (χ1) is 8.72. The molecule has 0 saturated heterocycles. The molecule has 0 heterocycles. The number of ether oxygens (including phenoxy) is 1. The van der Waals surface area contributed by atoms with E-state index in [1.807, 2.05) is 0 Å². The van der Waals surface area contributed by atoms with Crippen LogP contribution in [0.5, 0.6) is 0 Å². The molecule has 3 N–H and O–H groups in total. The number of rotatable bonds is 5. The Morgan fingerprint density at radius 3 is 1.80 bits per heavy atom. The van der Waals surface area contributed by atoms with Crippen molar-refractivity contribution < 1.29 is 58.9 Å². The number of primary amides is 1. The zero-order chi connectivity index (χ0) is 15.8. The fourth-order valence-corrected chi connectivity index (χ4v) is 0.262. The van der Waals surface area contributed by atoms with Crippen molar-refractivity contribution in [2.75, 3.05) is 13.2 Å². The van der Waals surface area contributed by atoms with Crippen LogP contribution in [-0.2, 0) is 19.1 Å². The van der Waals surface area contributed by atoms with Gasteiger partial charge < -0.3 is 25.5 Å². The summed E-state index contributed by atoms with van der Waals surface area (Å²) in [6, 6.07) is 0. The summed E-state index contributed by atoms with van der Waals surface area (Å²) in [5.74, 6) is -2.17. The van der Waals surface area contributed by atoms with Crippen LogP contribution in [-0.4, -0.2) is 36.2 Å². The zero-order valence-electron chi connectivity index (χ0n) is 11.8. The third-order valence-corrected chi connectivity index (χ3v) is 1.04. The van der Waals surface area contributed by atoms with E-state index >= 15 is 0 Å². The predicted molar refractivity (Wildman–Crippen MR) is 67.5 cm³/mol. The molecule has 0 rings (SSSR count). The minimum Gasteiger partial charge on any atom is -0.545 e. The van der Waals surface area contributed by atoms with Crippen LogP contribution in [0.4, 0.5) is 0 Å². The number of carbonyl (C=O) groups is 3. The summed E-state index contributed by atoms with van der Waals surface area (Å²) >= 11 is 0. The van der Waals surface area contributed by atoms with E-state index in [0.29, 0.717) is 5.57 Å². The van der Waals surface area contributed by atoms with Crippen LogP contribution in [0.1, 0.15) is 6.92 Å². The van der Waals surface area contributed by atoms with Crippen molar-refractivity contribution in [1.29, 1.82) is 0 Å². The molecule has 0 spiro atoms. The number of carboxylic acids is 1. The molecule has 0 unspecified atom stereocenters. The van der Waals surface area contributed by atoms with Gasteiger partial charge in [0, 0.05) is 5.57 Å². The molecule has 0 bridgehead atoms. The van der Waals surface area contributed by atoms with Gasteiger partial charge in [0.2, 0.25) is 5.91 Å². The summed E-state index contributed by atoms with van der Waals surface area (Å²) in [5.41, 5.74) is 4.89.